The van der Waals surface area contributed by atoms with Gasteiger partial charge in [-0.1, -0.05) is 6.92 Å². The number of piperazine rings is 2. The summed E-state index contributed by atoms with van der Waals surface area (Å²) >= 11 is 1.77. The summed E-state index contributed by atoms with van der Waals surface area (Å²) in [6.07, 6.45) is 1.69. The van der Waals surface area contributed by atoms with Gasteiger partial charge in [0.05, 0.1) is 10.7 Å². The van der Waals surface area contributed by atoms with Gasteiger partial charge in [0.2, 0.25) is 5.91 Å². The highest BCUT2D eigenvalue weighted by Crippen LogP contribution is 2.13. The van der Waals surface area contributed by atoms with Crippen LogP contribution in [0, 0.1) is 0 Å². The van der Waals surface area contributed by atoms with Gasteiger partial charge in [-0.3, -0.25) is 9.69 Å². The maximum Gasteiger partial charge on any atom is 0.223 e. The van der Waals surface area contributed by atoms with Crippen molar-refractivity contribution in [3.63, 3.8) is 0 Å². The molecule has 1 aromatic rings. The van der Waals surface area contributed by atoms with Crippen molar-refractivity contribution in [3.05, 3.63) is 16.1 Å². The first-order chi connectivity index (χ1) is 11.7. The average molecular weight is 352 g/mol. The number of nitrogens with zero attached hydrogens (tertiary/aromatic N) is 4. The van der Waals surface area contributed by atoms with E-state index in [2.05, 4.69) is 32.4 Å². The quantitative estimate of drug-likeness (QED) is 0.815. The van der Waals surface area contributed by atoms with Gasteiger partial charge >= 0.3 is 0 Å². The molecule has 3 rings (SSSR count). The Kier molecular flexibility index (Phi) is 6.59. The molecule has 0 bridgehead atoms. The summed E-state index contributed by atoms with van der Waals surface area (Å²) in [5.41, 5.74) is 1.21. The highest BCUT2D eigenvalue weighted by Gasteiger charge is 2.20. The molecule has 2 aliphatic rings. The lowest BCUT2D eigenvalue weighted by molar-refractivity contribution is -0.132. The van der Waals surface area contributed by atoms with Crippen LogP contribution in [0.3, 0.4) is 0 Å². The SMILES string of the molecule is CCc1nc(CN2CCN(CCC(=O)N3CCNCC3)CC2)cs1. The van der Waals surface area contributed by atoms with Crippen molar-refractivity contribution in [2.75, 3.05) is 58.9 Å². The van der Waals surface area contributed by atoms with Crippen molar-refractivity contribution < 1.29 is 4.79 Å². The molecule has 0 spiro atoms. The van der Waals surface area contributed by atoms with Crippen molar-refractivity contribution in [1.29, 1.82) is 0 Å². The van der Waals surface area contributed by atoms with Crippen molar-refractivity contribution in [1.82, 2.24) is 25.0 Å². The summed E-state index contributed by atoms with van der Waals surface area (Å²) in [5.74, 6) is 0.313. The zero-order chi connectivity index (χ0) is 16.8. The Bertz CT molecular complexity index is 521. The fourth-order valence-electron chi connectivity index (χ4n) is 3.31. The monoisotopic (exact) mass is 351 g/mol. The van der Waals surface area contributed by atoms with Gasteiger partial charge in [0.1, 0.15) is 0 Å². The first-order valence-corrected chi connectivity index (χ1v) is 9.99. The van der Waals surface area contributed by atoms with E-state index in [-0.39, 0.29) is 0 Å². The van der Waals surface area contributed by atoms with Crippen LogP contribution < -0.4 is 5.32 Å². The number of carbonyl (C=O) groups excluding carboxylic acids is 1. The third-order valence-corrected chi connectivity index (χ3v) is 5.91. The zero-order valence-electron chi connectivity index (χ0n) is 14.7. The summed E-state index contributed by atoms with van der Waals surface area (Å²) in [6, 6.07) is 0. The molecule has 3 heterocycles. The number of hydrogen-bond acceptors (Lipinski definition) is 6. The minimum Gasteiger partial charge on any atom is -0.340 e. The predicted molar refractivity (Wildman–Crippen MR) is 97.3 cm³/mol. The van der Waals surface area contributed by atoms with E-state index in [0.717, 1.165) is 71.9 Å². The fraction of sp³-hybridized carbons (Fsp3) is 0.765. The van der Waals surface area contributed by atoms with Crippen molar-refractivity contribution in [3.8, 4) is 0 Å². The number of nitrogens with one attached hydrogen (secondary N) is 1. The van der Waals surface area contributed by atoms with Crippen LogP contribution in [0.4, 0.5) is 0 Å². The third kappa shape index (κ3) is 4.99. The molecule has 7 heteroatoms. The molecule has 1 aromatic heterocycles. The van der Waals surface area contributed by atoms with E-state index < -0.39 is 0 Å². The number of rotatable bonds is 6. The first-order valence-electron chi connectivity index (χ1n) is 9.11. The zero-order valence-corrected chi connectivity index (χ0v) is 15.5. The molecular formula is C17H29N5OS. The molecule has 0 aliphatic carbocycles. The molecule has 6 nitrogen and oxygen atoms in total. The second kappa shape index (κ2) is 8.89. The Morgan fingerprint density at radius 3 is 2.54 bits per heavy atom. The molecule has 24 heavy (non-hydrogen) atoms. The molecule has 0 atom stereocenters. The summed E-state index contributed by atoms with van der Waals surface area (Å²) in [6.45, 7) is 11.9. The van der Waals surface area contributed by atoms with Gasteiger partial charge in [-0.15, -0.1) is 11.3 Å². The second-order valence-corrected chi connectivity index (χ2v) is 7.53. The van der Waals surface area contributed by atoms with Gasteiger partial charge < -0.3 is 15.1 Å². The molecule has 1 amide bonds. The number of carbonyl (C=O) groups is 1. The maximum absolute atomic E-state index is 12.2. The standard InChI is InChI=1S/C17H29N5OS/c1-2-16-19-15(14-24-16)13-21-11-9-20(10-12-21)6-3-17(23)22-7-4-18-5-8-22/h14,18H,2-13H2,1H3. The minimum atomic E-state index is 0.313. The van der Waals surface area contributed by atoms with Gasteiger partial charge in [-0.2, -0.15) is 0 Å². The van der Waals surface area contributed by atoms with Crippen LogP contribution in [0.25, 0.3) is 0 Å². The van der Waals surface area contributed by atoms with Crippen LogP contribution in [-0.4, -0.2) is 84.5 Å². The largest absolute Gasteiger partial charge is 0.340 e. The molecule has 134 valence electrons. The Balaban J connectivity index is 1.35. The van der Waals surface area contributed by atoms with E-state index in [1.54, 1.807) is 11.3 Å². The van der Waals surface area contributed by atoms with E-state index >= 15 is 0 Å². The summed E-state index contributed by atoms with van der Waals surface area (Å²) < 4.78 is 0. The molecule has 0 saturated carbocycles. The van der Waals surface area contributed by atoms with Crippen LogP contribution in [0.1, 0.15) is 24.0 Å². The van der Waals surface area contributed by atoms with E-state index in [4.69, 9.17) is 0 Å². The molecule has 2 saturated heterocycles. The van der Waals surface area contributed by atoms with Crippen molar-refractivity contribution in [2.24, 2.45) is 0 Å². The van der Waals surface area contributed by atoms with Crippen LogP contribution in [0.2, 0.25) is 0 Å². The smallest absolute Gasteiger partial charge is 0.223 e. The van der Waals surface area contributed by atoms with E-state index in [1.807, 2.05) is 4.90 Å². The van der Waals surface area contributed by atoms with Gasteiger partial charge in [-0.25, -0.2) is 4.98 Å². The van der Waals surface area contributed by atoms with Crippen LogP contribution in [0.5, 0.6) is 0 Å². The predicted octanol–water partition coefficient (Wildman–Crippen LogP) is 0.645. The lowest BCUT2D eigenvalue weighted by Gasteiger charge is -2.35. The minimum absolute atomic E-state index is 0.313. The van der Waals surface area contributed by atoms with Crippen LogP contribution >= 0.6 is 11.3 Å². The molecule has 0 aromatic carbocycles. The third-order valence-electron chi connectivity index (χ3n) is 4.86. The second-order valence-electron chi connectivity index (χ2n) is 6.58. The fourth-order valence-corrected chi connectivity index (χ4v) is 4.05. The van der Waals surface area contributed by atoms with E-state index in [1.165, 1.54) is 10.7 Å². The Morgan fingerprint density at radius 1 is 1.17 bits per heavy atom. The molecule has 1 N–H and O–H groups in total. The number of aromatic nitrogens is 1. The topological polar surface area (TPSA) is 51.7 Å². The molecule has 0 radical (unpaired) electrons. The number of hydrogen-bond donors (Lipinski definition) is 1. The Hall–Kier alpha value is -1.02. The Morgan fingerprint density at radius 2 is 1.88 bits per heavy atom. The van der Waals surface area contributed by atoms with Crippen LogP contribution in [-0.2, 0) is 17.8 Å². The number of amides is 1. The molecular weight excluding hydrogens is 322 g/mol. The first kappa shape index (κ1) is 17.8. The lowest BCUT2D eigenvalue weighted by atomic mass is 10.2. The number of thiazole rings is 1. The average Bonchev–Trinajstić information content (AvgIpc) is 3.09. The van der Waals surface area contributed by atoms with Gasteiger partial charge in [0, 0.05) is 77.2 Å². The normalized spacial score (nSPS) is 20.5. The molecule has 2 fully saturated rings. The lowest BCUT2D eigenvalue weighted by Crippen LogP contribution is -2.49. The van der Waals surface area contributed by atoms with Crippen molar-refractivity contribution in [2.45, 2.75) is 26.3 Å². The van der Waals surface area contributed by atoms with E-state index in [0.29, 0.717) is 12.3 Å². The van der Waals surface area contributed by atoms with Crippen LogP contribution in [0.15, 0.2) is 5.38 Å². The highest BCUT2D eigenvalue weighted by molar-refractivity contribution is 7.09. The van der Waals surface area contributed by atoms with E-state index in [9.17, 15) is 4.79 Å². The van der Waals surface area contributed by atoms with Gasteiger partial charge in [-0.05, 0) is 6.42 Å². The molecule has 2 aliphatic heterocycles. The summed E-state index contributed by atoms with van der Waals surface area (Å²) in [4.78, 5) is 23.8. The molecule has 0 unspecified atom stereocenters. The van der Waals surface area contributed by atoms with Gasteiger partial charge in [0.15, 0.2) is 0 Å². The maximum atomic E-state index is 12.2. The summed E-state index contributed by atoms with van der Waals surface area (Å²) in [7, 11) is 0. The van der Waals surface area contributed by atoms with Gasteiger partial charge in [0.25, 0.3) is 0 Å². The Labute approximate surface area is 148 Å². The summed E-state index contributed by atoms with van der Waals surface area (Å²) in [5, 5.41) is 6.71. The highest BCUT2D eigenvalue weighted by atomic mass is 32.1. The number of aryl methyl sites for hydroxylation is 1. The van der Waals surface area contributed by atoms with Crippen molar-refractivity contribution >= 4 is 17.2 Å².